The number of aromatic nitrogens is 3. The molecule has 0 N–H and O–H groups in total. The normalized spacial score (nSPS) is 19.1. The molecule has 0 spiro atoms. The molecule has 1 unspecified atom stereocenters. The van der Waals surface area contributed by atoms with Crippen LogP contribution in [0.1, 0.15) is 29.1 Å². The molecule has 4 nitrogen and oxygen atoms in total. The van der Waals surface area contributed by atoms with Gasteiger partial charge in [-0.15, -0.1) is 16.4 Å². The van der Waals surface area contributed by atoms with Crippen LogP contribution in [0, 0.1) is 6.92 Å². The molecule has 0 radical (unpaired) electrons. The highest BCUT2D eigenvalue weighted by Gasteiger charge is 2.27. The van der Waals surface area contributed by atoms with E-state index in [4.69, 9.17) is 0 Å². The molecule has 3 aromatic heterocycles. The van der Waals surface area contributed by atoms with Crippen molar-refractivity contribution in [2.24, 2.45) is 0 Å². The van der Waals surface area contributed by atoms with E-state index >= 15 is 0 Å². The summed E-state index contributed by atoms with van der Waals surface area (Å²) < 4.78 is 1.89. The van der Waals surface area contributed by atoms with E-state index in [-0.39, 0.29) is 0 Å². The number of fused-ring (bicyclic) bond motifs is 2. The Hall–Kier alpha value is -1.40. The minimum atomic E-state index is 0.409. The van der Waals surface area contributed by atoms with Gasteiger partial charge in [0.15, 0.2) is 0 Å². The van der Waals surface area contributed by atoms with Gasteiger partial charge in [-0.25, -0.2) is 9.50 Å². The third-order valence-electron chi connectivity index (χ3n) is 3.68. The predicted octanol–water partition coefficient (Wildman–Crippen LogP) is 3.28. The maximum absolute atomic E-state index is 4.67. The Morgan fingerprint density at radius 2 is 2.32 bits per heavy atom. The lowest BCUT2D eigenvalue weighted by molar-refractivity contribution is 0.626. The summed E-state index contributed by atoms with van der Waals surface area (Å²) in [6, 6.07) is 2.66. The maximum atomic E-state index is 4.67. The highest BCUT2D eigenvalue weighted by atomic mass is 32.1. The third kappa shape index (κ3) is 1.70. The molecule has 0 fully saturated rings. The minimum Gasteiger partial charge on any atom is -0.339 e. The Morgan fingerprint density at radius 1 is 1.42 bits per heavy atom. The Balaban J connectivity index is 1.74. The molecule has 6 heteroatoms. The summed E-state index contributed by atoms with van der Waals surface area (Å²) in [5.74, 6) is 0. The van der Waals surface area contributed by atoms with Crippen molar-refractivity contribution in [3.8, 4) is 0 Å². The van der Waals surface area contributed by atoms with Gasteiger partial charge in [0.2, 0.25) is 10.1 Å². The molecule has 0 saturated carbocycles. The number of hydrogen-bond acceptors (Lipinski definition) is 5. The van der Waals surface area contributed by atoms with Gasteiger partial charge in [0, 0.05) is 11.4 Å². The summed E-state index contributed by atoms with van der Waals surface area (Å²) in [6.07, 6.45) is 3.11. The predicted molar refractivity (Wildman–Crippen MR) is 79.4 cm³/mol. The quantitative estimate of drug-likeness (QED) is 0.689. The number of imidazole rings is 1. The van der Waals surface area contributed by atoms with Crippen molar-refractivity contribution in [3.63, 3.8) is 0 Å². The lowest BCUT2D eigenvalue weighted by Crippen LogP contribution is -2.33. The molecule has 1 aliphatic rings. The highest BCUT2D eigenvalue weighted by Crippen LogP contribution is 2.37. The standard InChI is InChI=1S/C13H14N4S2/c1-8-7-17-12(14-8)19-13(15-17)16-5-3-11-10(9(16)2)4-6-18-11/h4,6-7,9H,3,5H2,1-2H3. The molecule has 0 bridgehead atoms. The third-order valence-corrected chi connectivity index (χ3v) is 5.63. The lowest BCUT2D eigenvalue weighted by Gasteiger charge is -2.32. The van der Waals surface area contributed by atoms with Crippen LogP contribution in [0.15, 0.2) is 17.6 Å². The highest BCUT2D eigenvalue weighted by molar-refractivity contribution is 7.20. The van der Waals surface area contributed by atoms with Crippen LogP contribution in [0.25, 0.3) is 4.96 Å². The van der Waals surface area contributed by atoms with Gasteiger partial charge in [-0.05, 0) is 37.3 Å². The van der Waals surface area contributed by atoms with E-state index in [1.165, 1.54) is 10.4 Å². The monoisotopic (exact) mass is 290 g/mol. The van der Waals surface area contributed by atoms with E-state index in [0.29, 0.717) is 6.04 Å². The van der Waals surface area contributed by atoms with Gasteiger partial charge in [0.1, 0.15) is 0 Å². The first kappa shape index (κ1) is 11.4. The van der Waals surface area contributed by atoms with Crippen molar-refractivity contribution in [1.82, 2.24) is 14.6 Å². The van der Waals surface area contributed by atoms with E-state index in [1.807, 2.05) is 29.0 Å². The van der Waals surface area contributed by atoms with Gasteiger partial charge in [-0.2, -0.15) is 0 Å². The Labute approximate surface area is 119 Å². The largest absolute Gasteiger partial charge is 0.339 e. The molecule has 4 rings (SSSR count). The molecule has 1 aliphatic heterocycles. The molecule has 4 heterocycles. The van der Waals surface area contributed by atoms with E-state index in [0.717, 1.165) is 28.8 Å². The fraction of sp³-hybridized carbons (Fsp3) is 0.385. The number of nitrogens with zero attached hydrogens (tertiary/aromatic N) is 4. The van der Waals surface area contributed by atoms with Gasteiger partial charge >= 0.3 is 0 Å². The molecule has 0 amide bonds. The SMILES string of the molecule is Cc1cn2nc(N3CCc4sccc4C3C)sc2n1. The molecule has 0 aliphatic carbocycles. The summed E-state index contributed by atoms with van der Waals surface area (Å²) in [5, 5.41) is 7.94. The first-order valence-corrected chi connectivity index (χ1v) is 8.08. The van der Waals surface area contributed by atoms with Gasteiger partial charge in [0.25, 0.3) is 0 Å². The van der Waals surface area contributed by atoms with Crippen molar-refractivity contribution >= 4 is 32.8 Å². The zero-order valence-electron chi connectivity index (χ0n) is 10.8. The number of aryl methyl sites for hydroxylation is 1. The molecular formula is C13H14N4S2. The summed E-state index contributed by atoms with van der Waals surface area (Å²) in [4.78, 5) is 9.39. The number of rotatable bonds is 1. The van der Waals surface area contributed by atoms with E-state index < -0.39 is 0 Å². The first-order valence-electron chi connectivity index (χ1n) is 6.38. The zero-order valence-corrected chi connectivity index (χ0v) is 12.5. The van der Waals surface area contributed by atoms with Crippen LogP contribution in [-0.2, 0) is 6.42 Å². The fourth-order valence-corrected chi connectivity index (χ4v) is 4.68. The fourth-order valence-electron chi connectivity index (χ4n) is 2.69. The number of anilines is 1. The van der Waals surface area contributed by atoms with Crippen molar-refractivity contribution in [2.45, 2.75) is 26.3 Å². The molecule has 0 saturated heterocycles. The lowest BCUT2D eigenvalue weighted by atomic mass is 10.0. The number of thiophene rings is 1. The minimum absolute atomic E-state index is 0.409. The maximum Gasteiger partial charge on any atom is 0.214 e. The van der Waals surface area contributed by atoms with E-state index in [1.54, 1.807) is 11.3 Å². The van der Waals surface area contributed by atoms with E-state index in [9.17, 15) is 0 Å². The Bertz CT molecular complexity index is 707. The van der Waals surface area contributed by atoms with Crippen molar-refractivity contribution < 1.29 is 0 Å². The van der Waals surface area contributed by atoms with Crippen molar-refractivity contribution in [3.05, 3.63) is 33.8 Å². The summed E-state index contributed by atoms with van der Waals surface area (Å²) in [7, 11) is 0. The molecule has 98 valence electrons. The van der Waals surface area contributed by atoms with Gasteiger partial charge in [-0.1, -0.05) is 11.3 Å². The second kappa shape index (κ2) is 4.05. The summed E-state index contributed by atoms with van der Waals surface area (Å²) in [5.41, 5.74) is 2.48. The van der Waals surface area contributed by atoms with Gasteiger partial charge in [-0.3, -0.25) is 0 Å². The topological polar surface area (TPSA) is 33.4 Å². The molecule has 0 aromatic carbocycles. The first-order chi connectivity index (χ1) is 9.22. The Morgan fingerprint density at radius 3 is 3.16 bits per heavy atom. The summed E-state index contributed by atoms with van der Waals surface area (Å²) >= 11 is 3.55. The van der Waals surface area contributed by atoms with Crippen LogP contribution >= 0.6 is 22.7 Å². The second-order valence-electron chi connectivity index (χ2n) is 4.91. The molecular weight excluding hydrogens is 276 g/mol. The molecule has 19 heavy (non-hydrogen) atoms. The smallest absolute Gasteiger partial charge is 0.214 e. The van der Waals surface area contributed by atoms with Crippen LogP contribution in [0.3, 0.4) is 0 Å². The van der Waals surface area contributed by atoms with Crippen LogP contribution < -0.4 is 4.90 Å². The second-order valence-corrected chi connectivity index (χ2v) is 6.85. The van der Waals surface area contributed by atoms with Crippen LogP contribution in [0.5, 0.6) is 0 Å². The Kier molecular flexibility index (Phi) is 2.43. The molecule has 1 atom stereocenters. The average Bonchev–Trinajstić information content (AvgIpc) is 3.02. The average molecular weight is 290 g/mol. The van der Waals surface area contributed by atoms with Crippen LogP contribution in [0.2, 0.25) is 0 Å². The van der Waals surface area contributed by atoms with Crippen molar-refractivity contribution in [1.29, 1.82) is 0 Å². The van der Waals surface area contributed by atoms with Gasteiger partial charge < -0.3 is 4.90 Å². The zero-order chi connectivity index (χ0) is 13.0. The van der Waals surface area contributed by atoms with E-state index in [2.05, 4.69) is 33.4 Å². The molecule has 3 aromatic rings. The summed E-state index contributed by atoms with van der Waals surface area (Å²) in [6.45, 7) is 5.31. The van der Waals surface area contributed by atoms with Crippen LogP contribution in [0.4, 0.5) is 5.13 Å². The van der Waals surface area contributed by atoms with Crippen molar-refractivity contribution in [2.75, 3.05) is 11.4 Å². The van der Waals surface area contributed by atoms with Crippen LogP contribution in [-0.4, -0.2) is 21.1 Å². The number of hydrogen-bond donors (Lipinski definition) is 0. The van der Waals surface area contributed by atoms with Gasteiger partial charge in [0.05, 0.1) is 17.9 Å².